The lowest BCUT2D eigenvalue weighted by atomic mass is 10.1. The van der Waals surface area contributed by atoms with E-state index < -0.39 is 16.1 Å². The molecule has 0 heterocycles. The van der Waals surface area contributed by atoms with Gasteiger partial charge in [-0.3, -0.25) is 9.52 Å². The summed E-state index contributed by atoms with van der Waals surface area (Å²) in [5, 5.41) is 2.74. The number of benzene rings is 3. The number of hydrogen-bond donors (Lipinski definition) is 2. The maximum Gasteiger partial charge on any atom is 0.265 e. The fourth-order valence-electron chi connectivity index (χ4n) is 3.04. The minimum absolute atomic E-state index is 0.106. The zero-order chi connectivity index (χ0) is 22.6. The first-order chi connectivity index (χ1) is 14.6. The van der Waals surface area contributed by atoms with Crippen LogP contribution in [0.25, 0.3) is 0 Å². The number of anilines is 2. The van der Waals surface area contributed by atoms with E-state index in [4.69, 9.17) is 4.74 Å². The highest BCUT2D eigenvalue weighted by molar-refractivity contribution is 7.92. The molecule has 3 aromatic carbocycles. The van der Waals surface area contributed by atoms with Crippen molar-refractivity contribution in [2.24, 2.45) is 0 Å². The molecule has 0 unspecified atom stereocenters. The summed E-state index contributed by atoms with van der Waals surface area (Å²) in [7, 11) is -3.74. The Hall–Kier alpha value is -3.32. The van der Waals surface area contributed by atoms with Crippen LogP contribution < -0.4 is 14.8 Å². The Labute approximate surface area is 183 Å². The minimum Gasteiger partial charge on any atom is -0.481 e. The average Bonchev–Trinajstić information content (AvgIpc) is 2.70. The zero-order valence-corrected chi connectivity index (χ0v) is 18.8. The lowest BCUT2D eigenvalue weighted by Crippen LogP contribution is -2.30. The molecule has 3 aromatic rings. The largest absolute Gasteiger partial charge is 0.481 e. The fourth-order valence-corrected chi connectivity index (χ4v) is 4.17. The number of carbonyl (C=O) groups is 1. The molecule has 0 saturated heterocycles. The summed E-state index contributed by atoms with van der Waals surface area (Å²) in [6.07, 6.45) is -0.712. The smallest absolute Gasteiger partial charge is 0.265 e. The number of sulfonamides is 1. The van der Waals surface area contributed by atoms with Crippen LogP contribution in [0.2, 0.25) is 0 Å². The Balaban J connectivity index is 1.65. The van der Waals surface area contributed by atoms with Crippen molar-refractivity contribution in [2.75, 3.05) is 10.0 Å². The van der Waals surface area contributed by atoms with Crippen molar-refractivity contribution < 1.29 is 17.9 Å². The monoisotopic (exact) mass is 438 g/mol. The molecule has 0 fully saturated rings. The second-order valence-electron chi connectivity index (χ2n) is 7.51. The first-order valence-electron chi connectivity index (χ1n) is 9.88. The van der Waals surface area contributed by atoms with Gasteiger partial charge in [-0.05, 0) is 81.3 Å². The number of aryl methyl sites for hydroxylation is 3. The van der Waals surface area contributed by atoms with E-state index in [1.807, 2.05) is 51.1 Å². The van der Waals surface area contributed by atoms with Crippen LogP contribution in [-0.2, 0) is 14.8 Å². The van der Waals surface area contributed by atoms with Crippen molar-refractivity contribution in [1.82, 2.24) is 0 Å². The highest BCUT2D eigenvalue weighted by Crippen LogP contribution is 2.22. The summed E-state index contributed by atoms with van der Waals surface area (Å²) >= 11 is 0. The van der Waals surface area contributed by atoms with E-state index in [9.17, 15) is 13.2 Å². The first-order valence-corrected chi connectivity index (χ1v) is 11.4. The first kappa shape index (κ1) is 22.4. The minimum atomic E-state index is -3.74. The lowest BCUT2D eigenvalue weighted by Gasteiger charge is -2.15. The number of carbonyl (C=O) groups excluding carboxylic acids is 1. The Kier molecular flexibility index (Phi) is 6.65. The predicted molar refractivity (Wildman–Crippen MR) is 123 cm³/mol. The number of hydrogen-bond acceptors (Lipinski definition) is 4. The third-order valence-corrected chi connectivity index (χ3v) is 6.11. The van der Waals surface area contributed by atoms with Crippen LogP contribution in [0, 0.1) is 20.8 Å². The Morgan fingerprint density at radius 3 is 2.23 bits per heavy atom. The molecule has 0 saturated carbocycles. The highest BCUT2D eigenvalue weighted by Gasteiger charge is 2.17. The zero-order valence-electron chi connectivity index (χ0n) is 18.0. The van der Waals surface area contributed by atoms with Gasteiger partial charge in [0.2, 0.25) is 0 Å². The number of nitrogens with one attached hydrogen (secondary N) is 2. The van der Waals surface area contributed by atoms with E-state index in [1.165, 1.54) is 12.1 Å². The standard InChI is InChI=1S/C24H26N2O4S/c1-16-6-5-7-21(15-16)30-19(4)24(27)25-20-9-11-22(12-10-20)31(28,29)26-23-13-8-17(2)14-18(23)3/h5-15,19,26H,1-4H3,(H,25,27)/t19-/m0/s1. The lowest BCUT2D eigenvalue weighted by molar-refractivity contribution is -0.122. The maximum atomic E-state index is 12.7. The Bertz CT molecular complexity index is 1190. The number of amides is 1. The predicted octanol–water partition coefficient (Wildman–Crippen LogP) is 4.82. The van der Waals surface area contributed by atoms with Gasteiger partial charge in [-0.1, -0.05) is 29.8 Å². The summed E-state index contributed by atoms with van der Waals surface area (Å²) in [5.41, 5.74) is 3.95. The van der Waals surface area contributed by atoms with Gasteiger partial charge in [0.1, 0.15) is 5.75 Å². The quantitative estimate of drug-likeness (QED) is 0.554. The van der Waals surface area contributed by atoms with Crippen LogP contribution in [-0.4, -0.2) is 20.4 Å². The van der Waals surface area contributed by atoms with Crippen LogP contribution in [0.5, 0.6) is 5.75 Å². The topological polar surface area (TPSA) is 84.5 Å². The maximum absolute atomic E-state index is 12.7. The Morgan fingerprint density at radius 1 is 0.903 bits per heavy atom. The average molecular weight is 439 g/mol. The van der Waals surface area contributed by atoms with Gasteiger partial charge in [0.15, 0.2) is 6.10 Å². The number of rotatable bonds is 7. The third kappa shape index (κ3) is 5.86. The Morgan fingerprint density at radius 2 is 1.58 bits per heavy atom. The van der Waals surface area contributed by atoms with E-state index in [0.717, 1.165) is 16.7 Å². The van der Waals surface area contributed by atoms with E-state index in [2.05, 4.69) is 10.0 Å². The summed E-state index contributed by atoms with van der Waals surface area (Å²) < 4.78 is 33.7. The van der Waals surface area contributed by atoms with Crippen LogP contribution in [0.1, 0.15) is 23.6 Å². The second-order valence-corrected chi connectivity index (χ2v) is 9.20. The molecule has 162 valence electrons. The summed E-state index contributed by atoms with van der Waals surface area (Å²) in [4.78, 5) is 12.5. The van der Waals surface area contributed by atoms with Gasteiger partial charge in [-0.15, -0.1) is 0 Å². The summed E-state index contributed by atoms with van der Waals surface area (Å²) in [6.45, 7) is 7.40. The molecular formula is C24H26N2O4S. The molecule has 2 N–H and O–H groups in total. The molecule has 31 heavy (non-hydrogen) atoms. The highest BCUT2D eigenvalue weighted by atomic mass is 32.2. The van der Waals surface area contributed by atoms with Crippen LogP contribution in [0.15, 0.2) is 71.6 Å². The molecule has 0 bridgehead atoms. The van der Waals surface area contributed by atoms with Gasteiger partial charge in [0.25, 0.3) is 15.9 Å². The normalized spacial score (nSPS) is 12.1. The van der Waals surface area contributed by atoms with Gasteiger partial charge in [-0.2, -0.15) is 0 Å². The molecule has 0 aromatic heterocycles. The van der Waals surface area contributed by atoms with Crippen molar-refractivity contribution in [3.63, 3.8) is 0 Å². The molecule has 1 atom stereocenters. The summed E-state index contributed by atoms with van der Waals surface area (Å²) in [6, 6.07) is 19.0. The van der Waals surface area contributed by atoms with Crippen LogP contribution >= 0.6 is 0 Å². The fraction of sp³-hybridized carbons (Fsp3) is 0.208. The second kappa shape index (κ2) is 9.22. The van der Waals surface area contributed by atoms with Crippen molar-refractivity contribution in [3.05, 3.63) is 83.4 Å². The van der Waals surface area contributed by atoms with E-state index in [1.54, 1.807) is 31.2 Å². The van der Waals surface area contributed by atoms with Crippen LogP contribution in [0.3, 0.4) is 0 Å². The molecular weight excluding hydrogens is 412 g/mol. The third-order valence-electron chi connectivity index (χ3n) is 4.73. The molecule has 0 aliphatic heterocycles. The molecule has 0 aliphatic rings. The van der Waals surface area contributed by atoms with Gasteiger partial charge in [0, 0.05) is 5.69 Å². The van der Waals surface area contributed by atoms with E-state index in [-0.39, 0.29) is 10.8 Å². The molecule has 0 aliphatic carbocycles. The summed E-state index contributed by atoms with van der Waals surface area (Å²) in [5.74, 6) is 0.284. The van der Waals surface area contributed by atoms with Gasteiger partial charge in [-0.25, -0.2) is 8.42 Å². The van der Waals surface area contributed by atoms with Crippen molar-refractivity contribution >= 4 is 27.3 Å². The van der Waals surface area contributed by atoms with Crippen molar-refractivity contribution in [2.45, 2.75) is 38.7 Å². The molecule has 1 amide bonds. The van der Waals surface area contributed by atoms with E-state index >= 15 is 0 Å². The molecule has 6 nitrogen and oxygen atoms in total. The van der Waals surface area contributed by atoms with Gasteiger partial charge in [0.05, 0.1) is 10.6 Å². The van der Waals surface area contributed by atoms with Crippen LogP contribution in [0.4, 0.5) is 11.4 Å². The van der Waals surface area contributed by atoms with Gasteiger partial charge < -0.3 is 10.1 Å². The molecule has 0 spiro atoms. The van der Waals surface area contributed by atoms with Crippen molar-refractivity contribution in [3.8, 4) is 5.75 Å². The SMILES string of the molecule is Cc1cccc(O[C@@H](C)C(=O)Nc2ccc(S(=O)(=O)Nc3ccc(C)cc3C)cc2)c1. The van der Waals surface area contributed by atoms with Crippen molar-refractivity contribution in [1.29, 1.82) is 0 Å². The van der Waals surface area contributed by atoms with Gasteiger partial charge >= 0.3 is 0 Å². The molecule has 7 heteroatoms. The van der Waals surface area contributed by atoms with E-state index in [0.29, 0.717) is 17.1 Å². The molecule has 0 radical (unpaired) electrons. The number of ether oxygens (including phenoxy) is 1. The molecule has 3 rings (SSSR count).